The maximum absolute atomic E-state index is 13.4. The van der Waals surface area contributed by atoms with Crippen LogP contribution >= 0.6 is 0 Å². The van der Waals surface area contributed by atoms with E-state index in [2.05, 4.69) is 30.9 Å². The largest absolute Gasteiger partial charge is 1.00 e. The third-order valence-corrected chi connectivity index (χ3v) is 9.63. The number of hydrazone groups is 1. The van der Waals surface area contributed by atoms with Crippen molar-refractivity contribution in [1.29, 1.82) is 0 Å². The van der Waals surface area contributed by atoms with Crippen molar-refractivity contribution >= 4 is 78.9 Å². The number of methoxy groups -OCH3 is 1. The van der Waals surface area contributed by atoms with E-state index in [9.17, 15) is 47.2 Å². The smallest absolute Gasteiger partial charge is 0.495 e. The van der Waals surface area contributed by atoms with Crippen LogP contribution in [0.25, 0.3) is 21.9 Å². The number of benzene rings is 5. The molecular weight excluding hydrogens is 837 g/mol. The molecule has 4 N–H and O–H groups in total. The molecule has 21 heteroatoms. The number of ketones is 1. The fourth-order valence-corrected chi connectivity index (χ4v) is 6.35. The number of hydrogen-bond acceptors (Lipinski definition) is 13. The predicted molar refractivity (Wildman–Crippen MR) is 209 cm³/mol. The van der Waals surface area contributed by atoms with Crippen LogP contribution < -0.4 is 96.0 Å². The number of carboxylic acid groups (broad SMARTS) is 2. The number of carbonyl (C=O) groups is 5. The Labute approximate surface area is 406 Å². The van der Waals surface area contributed by atoms with Crippen LogP contribution in [0.2, 0.25) is 0 Å². The van der Waals surface area contributed by atoms with Gasteiger partial charge in [-0.2, -0.15) is 39.0 Å². The van der Waals surface area contributed by atoms with Gasteiger partial charge >= 0.3 is 92.9 Å². The second-order valence-electron chi connectivity index (χ2n) is 12.7. The Morgan fingerprint density at radius 3 is 2.00 bits per heavy atom. The van der Waals surface area contributed by atoms with Gasteiger partial charge in [0.1, 0.15) is 5.75 Å². The Bertz CT molecular complexity index is 2760. The van der Waals surface area contributed by atoms with Crippen molar-refractivity contribution in [3.63, 3.8) is 0 Å². The van der Waals surface area contributed by atoms with Crippen LogP contribution in [0.15, 0.2) is 128 Å². The van der Waals surface area contributed by atoms with E-state index in [0.717, 1.165) is 11.9 Å². The standard InChI is InChI=1S/C39H31N7O11S.K.Na/c1-20-34(37(49)46(45-20)26-12-8-23-17-27(58(54,55)56)13-9-22(23)16-26)43-41-30-14-10-24(18-28(30)38(50)51)25-11-15-31(29(19-25)39(52)53)42-44-35(21(2)47)36(48)40-32-6-4-5-7-33(32)57-3;;/h4-19,34-35H,1-3H3,(H,40,48)(H,50,51)(H,52,53)(H,54,55,56);;/q;2*+1. The van der Waals surface area contributed by atoms with Gasteiger partial charge in [-0.1, -0.05) is 36.4 Å². The Balaban J connectivity index is 0.00000397. The molecule has 2 atom stereocenters. The fraction of sp³-hybridized carbons (Fsp3) is 0.128. The number of hydrogen-bond donors (Lipinski definition) is 4. The quantitative estimate of drug-likeness (QED) is 0.0555. The van der Waals surface area contributed by atoms with E-state index in [0.29, 0.717) is 22.2 Å². The normalized spacial score (nSPS) is 14.3. The third kappa shape index (κ3) is 10.7. The van der Waals surface area contributed by atoms with Gasteiger partial charge in [0.2, 0.25) is 6.04 Å². The molecule has 0 saturated heterocycles. The monoisotopic (exact) mass is 867 g/mol. The Morgan fingerprint density at radius 1 is 0.833 bits per heavy atom. The molecule has 6 rings (SSSR count). The van der Waals surface area contributed by atoms with Crippen molar-refractivity contribution in [3.05, 3.63) is 108 Å². The van der Waals surface area contributed by atoms with Crippen LogP contribution in [0.1, 0.15) is 34.6 Å². The summed E-state index contributed by atoms with van der Waals surface area (Å²) < 4.78 is 37.6. The number of fused-ring (bicyclic) bond motifs is 1. The van der Waals surface area contributed by atoms with Gasteiger partial charge in [-0.15, -0.1) is 0 Å². The van der Waals surface area contributed by atoms with Crippen molar-refractivity contribution in [2.45, 2.75) is 30.8 Å². The number of nitrogens with one attached hydrogen (secondary N) is 1. The van der Waals surface area contributed by atoms with Gasteiger partial charge in [0.25, 0.3) is 21.9 Å². The number of aromatic carboxylic acids is 2. The predicted octanol–water partition coefficient (Wildman–Crippen LogP) is 0.722. The number of carbonyl (C=O) groups excluding carboxylic acids is 3. The number of ether oxygens (including phenoxy) is 1. The fourth-order valence-electron chi connectivity index (χ4n) is 5.83. The minimum atomic E-state index is -4.42. The van der Waals surface area contributed by atoms with Gasteiger partial charge in [0.05, 0.1) is 51.6 Å². The summed E-state index contributed by atoms with van der Waals surface area (Å²) >= 11 is 0. The summed E-state index contributed by atoms with van der Waals surface area (Å²) in [6.07, 6.45) is 0. The van der Waals surface area contributed by atoms with Gasteiger partial charge in [0, 0.05) is 0 Å². The van der Waals surface area contributed by atoms with Crippen molar-refractivity contribution in [1.82, 2.24) is 0 Å². The van der Waals surface area contributed by atoms with Crippen LogP contribution in [0.4, 0.5) is 22.7 Å². The molecule has 18 nitrogen and oxygen atoms in total. The number of azo groups is 2. The van der Waals surface area contributed by atoms with E-state index >= 15 is 0 Å². The van der Waals surface area contributed by atoms with Crippen LogP contribution in [0.3, 0.4) is 0 Å². The van der Waals surface area contributed by atoms with Gasteiger partial charge in [0.15, 0.2) is 11.8 Å². The minimum Gasteiger partial charge on any atom is -0.495 e. The molecule has 0 aromatic heterocycles. The zero-order chi connectivity index (χ0) is 41.9. The van der Waals surface area contributed by atoms with Crippen LogP contribution in [0, 0.1) is 0 Å². The maximum atomic E-state index is 13.4. The molecule has 0 spiro atoms. The number of anilines is 2. The molecule has 0 bridgehead atoms. The summed E-state index contributed by atoms with van der Waals surface area (Å²) in [5, 5.41) is 45.0. The Kier molecular flexibility index (Phi) is 16.0. The van der Waals surface area contributed by atoms with E-state index in [1.807, 2.05) is 0 Å². The summed E-state index contributed by atoms with van der Waals surface area (Å²) in [6.45, 7) is 2.68. The average Bonchev–Trinajstić information content (AvgIpc) is 3.48. The first kappa shape index (κ1) is 47.8. The first-order chi connectivity index (χ1) is 27.5. The van der Waals surface area contributed by atoms with Crippen molar-refractivity contribution in [3.8, 4) is 16.9 Å². The SMILES string of the molecule is COc1ccccc1NC(=O)C(N=Nc1ccc(-c2ccc(N=NC3C(=O)N(c4ccc5cc(S(=O)(=O)O)ccc5c4)N=C3C)c(C(=O)O)c2)cc1C(=O)O)C(C)=O.[K+].[Na+]. The summed E-state index contributed by atoms with van der Waals surface area (Å²) in [6, 6.07) is 20.4. The first-order valence-corrected chi connectivity index (χ1v) is 18.4. The Hall–Kier alpha value is -4.87. The van der Waals surface area contributed by atoms with Crippen molar-refractivity contribution in [2.24, 2.45) is 25.6 Å². The van der Waals surface area contributed by atoms with Crippen LogP contribution in [-0.2, 0) is 24.5 Å². The molecule has 0 radical (unpaired) electrons. The molecule has 60 heavy (non-hydrogen) atoms. The van der Waals surface area contributed by atoms with E-state index < -0.39 is 51.7 Å². The number of rotatable bonds is 13. The molecule has 0 saturated carbocycles. The minimum absolute atomic E-state index is 0. The van der Waals surface area contributed by atoms with E-state index in [-0.39, 0.29) is 131 Å². The molecule has 294 valence electrons. The molecule has 2 amide bonds. The van der Waals surface area contributed by atoms with E-state index in [4.69, 9.17) is 4.74 Å². The van der Waals surface area contributed by atoms with Crippen LogP contribution in [0.5, 0.6) is 5.75 Å². The molecule has 1 aliphatic rings. The average molecular weight is 868 g/mol. The zero-order valence-corrected chi connectivity index (χ0v) is 38.5. The summed E-state index contributed by atoms with van der Waals surface area (Å²) in [5.41, 5.74) is 0.463. The molecule has 2 unspecified atom stereocenters. The second kappa shape index (κ2) is 20.1. The van der Waals surface area contributed by atoms with Crippen molar-refractivity contribution < 1.29 is 133 Å². The zero-order valence-electron chi connectivity index (χ0n) is 32.6. The van der Waals surface area contributed by atoms with Gasteiger partial charge in [-0.05, 0) is 96.4 Å². The first-order valence-electron chi connectivity index (χ1n) is 17.0. The number of para-hydroxylation sites is 2. The molecule has 5 aromatic rings. The number of amides is 2. The van der Waals surface area contributed by atoms with E-state index in [1.54, 1.807) is 43.3 Å². The Morgan fingerprint density at radius 2 is 1.42 bits per heavy atom. The molecule has 1 aliphatic heterocycles. The number of Topliss-reactive ketones (excluding diaryl/α,β-unsaturated/α-hetero) is 1. The van der Waals surface area contributed by atoms with Gasteiger partial charge in [-0.25, -0.2) is 9.59 Å². The van der Waals surface area contributed by atoms with Crippen molar-refractivity contribution in [2.75, 3.05) is 17.4 Å². The summed E-state index contributed by atoms with van der Waals surface area (Å²) in [7, 11) is -3.01. The van der Waals surface area contributed by atoms with Crippen LogP contribution in [-0.4, -0.2) is 77.6 Å². The molecule has 1 heterocycles. The second-order valence-corrected chi connectivity index (χ2v) is 14.1. The maximum Gasteiger partial charge on any atom is 1.00 e. The molecule has 0 aliphatic carbocycles. The van der Waals surface area contributed by atoms with Gasteiger partial charge < -0.3 is 20.3 Å². The number of carboxylic acids is 2. The third-order valence-electron chi connectivity index (χ3n) is 8.78. The summed E-state index contributed by atoms with van der Waals surface area (Å²) in [4.78, 5) is 63.1. The van der Waals surface area contributed by atoms with E-state index in [1.165, 1.54) is 67.8 Å². The molecule has 0 fully saturated rings. The molecule has 5 aromatic carbocycles. The topological polar surface area (TPSA) is 266 Å². The summed E-state index contributed by atoms with van der Waals surface area (Å²) in [5.74, 6) is -4.54. The number of nitrogens with zero attached hydrogens (tertiary/aromatic N) is 6. The molecular formula is C39H31KN7NaO11S+2. The van der Waals surface area contributed by atoms with Gasteiger partial charge in [-0.3, -0.25) is 18.9 Å².